The Labute approximate surface area is 188 Å². The van der Waals surface area contributed by atoms with Crippen molar-refractivity contribution in [3.05, 3.63) is 46.1 Å². The molecule has 168 valence electrons. The Bertz CT molecular complexity index is 1460. The molecule has 0 fully saturated rings. The topological polar surface area (TPSA) is 95.3 Å². The lowest BCUT2D eigenvalue weighted by atomic mass is 10.1. The van der Waals surface area contributed by atoms with Gasteiger partial charge in [0.2, 0.25) is 0 Å². The van der Waals surface area contributed by atoms with Crippen LogP contribution in [0.25, 0.3) is 32.6 Å². The number of nitrogens with one attached hydrogen (secondary N) is 1. The molecule has 3 heterocycles. The number of hydrogen-bond acceptors (Lipinski definition) is 5. The fraction of sp³-hybridized carbons (Fsp3) is 0.348. The van der Waals surface area contributed by atoms with E-state index >= 15 is 0 Å². The predicted octanol–water partition coefficient (Wildman–Crippen LogP) is 5.66. The average Bonchev–Trinajstić information content (AvgIpc) is 3.13. The van der Waals surface area contributed by atoms with Crippen LogP contribution in [-0.2, 0) is 9.47 Å². The number of aromatic nitrogens is 3. The predicted molar refractivity (Wildman–Crippen MR) is 124 cm³/mol. The molecule has 3 aromatic heterocycles. The minimum Gasteiger partial charge on any atom is -0.443 e. The maximum atomic E-state index is 13.3. The Morgan fingerprint density at radius 3 is 2.22 bits per heavy atom. The third kappa shape index (κ3) is 3.75. The molecule has 0 amide bonds. The monoisotopic (exact) mass is 457 g/mol. The van der Waals surface area contributed by atoms with Gasteiger partial charge in [-0.25, -0.2) is 18.7 Å². The largest absolute Gasteiger partial charge is 0.443 e. The van der Waals surface area contributed by atoms with Crippen LogP contribution in [0.3, 0.4) is 0 Å². The van der Waals surface area contributed by atoms with E-state index in [0.29, 0.717) is 21.4 Å². The van der Waals surface area contributed by atoms with Gasteiger partial charge in [0.15, 0.2) is 0 Å². The number of carbonyl (C=O) groups excluding carboxylic acids is 2. The van der Waals surface area contributed by atoms with Crippen LogP contribution in [0.4, 0.5) is 9.59 Å². The van der Waals surface area contributed by atoms with Gasteiger partial charge in [-0.1, -0.05) is 23.7 Å². The molecule has 1 aromatic carbocycles. The molecule has 0 saturated heterocycles. The Hall–Kier alpha value is -3.26. The number of benzene rings is 1. The summed E-state index contributed by atoms with van der Waals surface area (Å²) >= 11 is 6.18. The van der Waals surface area contributed by atoms with Crippen LogP contribution in [-0.4, -0.2) is 37.5 Å². The zero-order valence-corrected chi connectivity index (χ0v) is 19.5. The van der Waals surface area contributed by atoms with Gasteiger partial charge in [0.25, 0.3) is 5.56 Å². The van der Waals surface area contributed by atoms with E-state index in [0.717, 1.165) is 9.95 Å². The smallest absolute Gasteiger partial charge is 0.421 e. The standard InChI is InChI=1S/C23H24ClN3O5/c1-22(2,3)31-20(29)26-11-15-17(19(26)28)13-8-7-12-10-25-16(24)9-14(12)18(13)27(15)21(30)32-23(4,5)6/h7-11,25H,1-6H3. The van der Waals surface area contributed by atoms with Crippen LogP contribution < -0.4 is 5.56 Å². The van der Waals surface area contributed by atoms with Gasteiger partial charge in [0.1, 0.15) is 16.4 Å². The number of pyridine rings is 1. The van der Waals surface area contributed by atoms with E-state index in [9.17, 15) is 14.4 Å². The molecule has 0 atom stereocenters. The van der Waals surface area contributed by atoms with E-state index in [1.807, 2.05) is 6.07 Å². The second kappa shape index (κ2) is 7.13. The third-order valence-electron chi connectivity index (χ3n) is 4.73. The van der Waals surface area contributed by atoms with Crippen molar-refractivity contribution in [2.24, 2.45) is 0 Å². The van der Waals surface area contributed by atoms with E-state index in [4.69, 9.17) is 21.1 Å². The lowest BCUT2D eigenvalue weighted by Gasteiger charge is -2.20. The normalized spacial score (nSPS) is 12.6. The summed E-state index contributed by atoms with van der Waals surface area (Å²) in [6.07, 6.45) is 1.54. The molecule has 0 radical (unpaired) electrons. The minimum atomic E-state index is -0.818. The number of rotatable bonds is 0. The third-order valence-corrected chi connectivity index (χ3v) is 4.95. The number of fused-ring (bicyclic) bond motifs is 5. The lowest BCUT2D eigenvalue weighted by molar-refractivity contribution is 0.0523. The number of carbonyl (C=O) groups is 2. The van der Waals surface area contributed by atoms with Gasteiger partial charge in [0, 0.05) is 23.2 Å². The second-order valence-electron chi connectivity index (χ2n) is 9.61. The van der Waals surface area contributed by atoms with Crippen LogP contribution in [0, 0.1) is 0 Å². The van der Waals surface area contributed by atoms with E-state index in [1.54, 1.807) is 59.9 Å². The van der Waals surface area contributed by atoms with E-state index in [-0.39, 0.29) is 10.9 Å². The minimum absolute atomic E-state index is 0.225. The zero-order valence-electron chi connectivity index (χ0n) is 18.7. The summed E-state index contributed by atoms with van der Waals surface area (Å²) in [5.41, 5.74) is -1.41. The first-order chi connectivity index (χ1) is 14.8. The van der Waals surface area contributed by atoms with Crippen molar-refractivity contribution >= 4 is 56.4 Å². The number of aromatic amines is 1. The molecule has 4 rings (SSSR count). The number of H-pyrrole nitrogens is 1. The summed E-state index contributed by atoms with van der Waals surface area (Å²) in [5.74, 6) is 0. The van der Waals surface area contributed by atoms with Crippen molar-refractivity contribution in [3.63, 3.8) is 0 Å². The van der Waals surface area contributed by atoms with Gasteiger partial charge in [0.05, 0.1) is 16.4 Å². The Kier molecular flexibility index (Phi) is 4.89. The van der Waals surface area contributed by atoms with Crippen LogP contribution >= 0.6 is 11.6 Å². The van der Waals surface area contributed by atoms with Gasteiger partial charge in [-0.15, -0.1) is 0 Å². The van der Waals surface area contributed by atoms with Gasteiger partial charge < -0.3 is 14.5 Å². The highest BCUT2D eigenvalue weighted by Gasteiger charge is 2.29. The van der Waals surface area contributed by atoms with E-state index in [1.165, 1.54) is 10.8 Å². The van der Waals surface area contributed by atoms with Crippen molar-refractivity contribution in [3.8, 4) is 0 Å². The highest BCUT2D eigenvalue weighted by molar-refractivity contribution is 6.31. The summed E-state index contributed by atoms with van der Waals surface area (Å²) < 4.78 is 13.2. The Balaban J connectivity index is 2.09. The summed E-state index contributed by atoms with van der Waals surface area (Å²) in [5, 5.41) is 2.55. The summed E-state index contributed by atoms with van der Waals surface area (Å²) in [6.45, 7) is 10.4. The maximum Gasteiger partial charge on any atom is 0.421 e. The number of nitrogens with zero attached hydrogens (tertiary/aromatic N) is 2. The molecule has 8 nitrogen and oxygen atoms in total. The van der Waals surface area contributed by atoms with E-state index < -0.39 is 28.9 Å². The van der Waals surface area contributed by atoms with Gasteiger partial charge in [-0.3, -0.25) is 4.79 Å². The van der Waals surface area contributed by atoms with Crippen molar-refractivity contribution in [1.29, 1.82) is 0 Å². The van der Waals surface area contributed by atoms with Crippen LogP contribution in [0.1, 0.15) is 41.5 Å². The highest BCUT2D eigenvalue weighted by atomic mass is 35.5. The Morgan fingerprint density at radius 1 is 0.969 bits per heavy atom. The first-order valence-electron chi connectivity index (χ1n) is 10.1. The van der Waals surface area contributed by atoms with Gasteiger partial charge in [-0.2, -0.15) is 0 Å². The summed E-state index contributed by atoms with van der Waals surface area (Å²) in [4.78, 5) is 42.1. The zero-order chi connectivity index (χ0) is 23.6. The highest BCUT2D eigenvalue weighted by Crippen LogP contribution is 2.34. The molecule has 0 aliphatic rings. The van der Waals surface area contributed by atoms with Crippen LogP contribution in [0.15, 0.2) is 35.4 Å². The first-order valence-corrected chi connectivity index (χ1v) is 10.5. The van der Waals surface area contributed by atoms with Crippen LogP contribution in [0.5, 0.6) is 0 Å². The maximum absolute atomic E-state index is 13.3. The first kappa shape index (κ1) is 22.0. The fourth-order valence-corrected chi connectivity index (χ4v) is 3.79. The Morgan fingerprint density at radius 2 is 1.59 bits per heavy atom. The van der Waals surface area contributed by atoms with Crippen molar-refractivity contribution in [1.82, 2.24) is 14.1 Å². The molecule has 0 unspecified atom stereocenters. The molecular weight excluding hydrogens is 434 g/mol. The molecule has 9 heteroatoms. The average molecular weight is 458 g/mol. The SMILES string of the molecule is CC(C)(C)OC(=O)n1cc2c(c1=O)c1ccc3c[nH]c(Cl)cc3c1n2C(=O)OC(C)(C)C. The van der Waals surface area contributed by atoms with Crippen molar-refractivity contribution in [2.45, 2.75) is 52.7 Å². The second-order valence-corrected chi connectivity index (χ2v) is 10.0. The molecule has 1 N–H and O–H groups in total. The number of hydrogen-bond donors (Lipinski definition) is 1. The van der Waals surface area contributed by atoms with Crippen LogP contribution in [0.2, 0.25) is 5.15 Å². The van der Waals surface area contributed by atoms with Gasteiger partial charge >= 0.3 is 12.2 Å². The molecule has 0 spiro atoms. The van der Waals surface area contributed by atoms with E-state index in [2.05, 4.69) is 4.98 Å². The molecule has 32 heavy (non-hydrogen) atoms. The lowest BCUT2D eigenvalue weighted by Crippen LogP contribution is -2.31. The van der Waals surface area contributed by atoms with Crippen molar-refractivity contribution in [2.75, 3.05) is 0 Å². The molecule has 0 bridgehead atoms. The van der Waals surface area contributed by atoms with Gasteiger partial charge in [-0.05, 0) is 53.0 Å². The summed E-state index contributed by atoms with van der Waals surface area (Å²) in [6, 6.07) is 5.24. The van der Waals surface area contributed by atoms with Crippen molar-refractivity contribution < 1.29 is 19.1 Å². The number of ether oxygens (including phenoxy) is 2. The molecule has 4 aromatic rings. The quantitative estimate of drug-likeness (QED) is 0.344. The molecular formula is C23H24ClN3O5. The molecule has 0 aliphatic carbocycles. The number of halogens is 1. The molecule has 0 saturated carbocycles. The molecule has 0 aliphatic heterocycles. The summed E-state index contributed by atoms with van der Waals surface area (Å²) in [7, 11) is 0. The fourth-order valence-electron chi connectivity index (χ4n) is 3.62.